The van der Waals surface area contributed by atoms with Crippen molar-refractivity contribution in [2.75, 3.05) is 20.8 Å². The zero-order chi connectivity index (χ0) is 25.7. The van der Waals surface area contributed by atoms with E-state index in [1.807, 2.05) is 0 Å². The molecule has 4 rings (SSSR count). The average Bonchev–Trinajstić information content (AvgIpc) is 3.20. The molecule has 3 aromatic rings. The highest BCUT2D eigenvalue weighted by Crippen LogP contribution is 2.37. The van der Waals surface area contributed by atoms with Crippen LogP contribution < -0.4 is 24.3 Å². The first-order valence-corrected chi connectivity index (χ1v) is 10.9. The van der Waals surface area contributed by atoms with Crippen LogP contribution in [0, 0.1) is 0 Å². The summed E-state index contributed by atoms with van der Waals surface area (Å²) in [5.74, 6) is -0.487. The molecular weight excluding hydrogens is 466 g/mol. The Morgan fingerprint density at radius 2 is 1.81 bits per heavy atom. The molecule has 36 heavy (non-hydrogen) atoms. The summed E-state index contributed by atoms with van der Waals surface area (Å²) in [6.45, 7) is -0.424. The molecule has 0 saturated carbocycles. The molecule has 0 fully saturated rings. The van der Waals surface area contributed by atoms with E-state index in [1.165, 1.54) is 26.4 Å². The van der Waals surface area contributed by atoms with Crippen molar-refractivity contribution in [3.05, 3.63) is 89.2 Å². The summed E-state index contributed by atoms with van der Waals surface area (Å²) in [4.78, 5) is 36.8. The van der Waals surface area contributed by atoms with E-state index in [-0.39, 0.29) is 23.0 Å². The van der Waals surface area contributed by atoms with Crippen LogP contribution in [0.1, 0.15) is 27.5 Å². The second-order valence-corrected chi connectivity index (χ2v) is 7.72. The number of carboxylic acids is 1. The van der Waals surface area contributed by atoms with Crippen molar-refractivity contribution in [2.24, 2.45) is 0 Å². The SMILES string of the molecule is COc1cccc(C=C2Oc3cc(OCC(=O)N[C@@H](C(=O)O)c4ccccc4)ccc3C2=O)c1OC. The Morgan fingerprint density at radius 1 is 1.03 bits per heavy atom. The summed E-state index contributed by atoms with van der Waals surface area (Å²) < 4.78 is 22.0. The minimum absolute atomic E-state index is 0.0959. The number of carbonyl (C=O) groups is 3. The van der Waals surface area contributed by atoms with Gasteiger partial charge in [0.1, 0.15) is 11.5 Å². The van der Waals surface area contributed by atoms with Gasteiger partial charge >= 0.3 is 5.97 Å². The maximum atomic E-state index is 12.8. The Bertz CT molecular complexity index is 1330. The summed E-state index contributed by atoms with van der Waals surface area (Å²) in [5.41, 5.74) is 1.39. The van der Waals surface area contributed by atoms with Gasteiger partial charge in [-0.25, -0.2) is 4.79 Å². The highest BCUT2D eigenvalue weighted by Gasteiger charge is 2.28. The number of nitrogens with one attached hydrogen (secondary N) is 1. The van der Waals surface area contributed by atoms with Crippen LogP contribution in [0.15, 0.2) is 72.5 Å². The molecule has 3 aromatic carbocycles. The van der Waals surface area contributed by atoms with Crippen molar-refractivity contribution in [1.29, 1.82) is 0 Å². The minimum atomic E-state index is -1.20. The molecule has 0 aromatic heterocycles. The Labute approximate surface area is 206 Å². The number of methoxy groups -OCH3 is 2. The van der Waals surface area contributed by atoms with Gasteiger partial charge in [-0.3, -0.25) is 9.59 Å². The van der Waals surface area contributed by atoms with E-state index in [0.717, 1.165) is 0 Å². The molecule has 9 heteroatoms. The Morgan fingerprint density at radius 3 is 2.50 bits per heavy atom. The van der Waals surface area contributed by atoms with Gasteiger partial charge in [0, 0.05) is 11.6 Å². The molecule has 9 nitrogen and oxygen atoms in total. The Hall–Kier alpha value is -4.79. The number of carbonyl (C=O) groups excluding carboxylic acids is 2. The van der Waals surface area contributed by atoms with E-state index in [9.17, 15) is 19.5 Å². The van der Waals surface area contributed by atoms with Gasteiger partial charge in [0.15, 0.2) is 29.9 Å². The molecule has 0 radical (unpaired) electrons. The number of para-hydroxylation sites is 1. The molecule has 0 aliphatic carbocycles. The van der Waals surface area contributed by atoms with E-state index in [0.29, 0.717) is 28.2 Å². The number of allylic oxidation sites excluding steroid dienone is 1. The predicted octanol–water partition coefficient (Wildman–Crippen LogP) is 3.64. The van der Waals surface area contributed by atoms with Crippen molar-refractivity contribution in [1.82, 2.24) is 5.32 Å². The van der Waals surface area contributed by atoms with Gasteiger partial charge in [0.25, 0.3) is 5.91 Å². The number of carboxylic acid groups (broad SMARTS) is 1. The second kappa shape index (κ2) is 10.6. The maximum absolute atomic E-state index is 12.8. The summed E-state index contributed by atoms with van der Waals surface area (Å²) in [5, 5.41) is 11.9. The van der Waals surface area contributed by atoms with Crippen molar-refractivity contribution >= 4 is 23.7 Å². The molecule has 184 valence electrons. The van der Waals surface area contributed by atoms with E-state index in [1.54, 1.807) is 60.7 Å². The van der Waals surface area contributed by atoms with Crippen molar-refractivity contribution < 1.29 is 38.4 Å². The first-order valence-electron chi connectivity index (χ1n) is 10.9. The van der Waals surface area contributed by atoms with Crippen LogP contribution in [0.2, 0.25) is 0 Å². The maximum Gasteiger partial charge on any atom is 0.330 e. The highest BCUT2D eigenvalue weighted by molar-refractivity contribution is 6.14. The lowest BCUT2D eigenvalue weighted by molar-refractivity contribution is -0.142. The lowest BCUT2D eigenvalue weighted by atomic mass is 10.1. The number of ketones is 1. The first-order chi connectivity index (χ1) is 17.4. The summed E-state index contributed by atoms with van der Waals surface area (Å²) >= 11 is 0. The fraction of sp³-hybridized carbons (Fsp3) is 0.148. The van der Waals surface area contributed by atoms with Gasteiger partial charge in [-0.2, -0.15) is 0 Å². The van der Waals surface area contributed by atoms with Crippen LogP contribution in [0.3, 0.4) is 0 Å². The zero-order valence-electron chi connectivity index (χ0n) is 19.5. The van der Waals surface area contributed by atoms with Gasteiger partial charge in [0.05, 0.1) is 19.8 Å². The number of ether oxygens (including phenoxy) is 4. The number of amides is 1. The van der Waals surface area contributed by atoms with Crippen LogP contribution in [-0.2, 0) is 9.59 Å². The monoisotopic (exact) mass is 489 g/mol. The van der Waals surface area contributed by atoms with Gasteiger partial charge in [-0.05, 0) is 29.8 Å². The molecule has 0 bridgehead atoms. The number of Topliss-reactive ketones (excluding diaryl/α,β-unsaturated/α-hetero) is 1. The molecule has 2 N–H and O–H groups in total. The number of rotatable bonds is 9. The van der Waals surface area contributed by atoms with Gasteiger partial charge in [0.2, 0.25) is 5.78 Å². The van der Waals surface area contributed by atoms with Crippen LogP contribution >= 0.6 is 0 Å². The van der Waals surface area contributed by atoms with E-state index < -0.39 is 24.5 Å². The summed E-state index contributed by atoms with van der Waals surface area (Å²) in [6, 6.07) is 17.0. The van der Waals surface area contributed by atoms with Crippen LogP contribution in [-0.4, -0.2) is 43.6 Å². The number of fused-ring (bicyclic) bond motifs is 1. The lowest BCUT2D eigenvalue weighted by Crippen LogP contribution is -2.36. The Kier molecular flexibility index (Phi) is 7.20. The zero-order valence-corrected chi connectivity index (χ0v) is 19.5. The molecular formula is C27H23NO8. The molecule has 0 unspecified atom stereocenters. The van der Waals surface area contributed by atoms with Gasteiger partial charge < -0.3 is 29.4 Å². The van der Waals surface area contributed by atoms with Crippen molar-refractivity contribution in [2.45, 2.75) is 6.04 Å². The second-order valence-electron chi connectivity index (χ2n) is 7.72. The molecule has 1 amide bonds. The average molecular weight is 489 g/mol. The number of hydrogen-bond donors (Lipinski definition) is 2. The predicted molar refractivity (Wildman–Crippen MR) is 129 cm³/mol. The van der Waals surface area contributed by atoms with Crippen LogP contribution in [0.4, 0.5) is 0 Å². The fourth-order valence-electron chi connectivity index (χ4n) is 3.71. The standard InChI is InChI=1S/C27H23NO8/c1-33-20-10-6-9-17(26(20)34-2)13-22-25(30)19-12-11-18(14-21(19)36-22)35-15-23(29)28-24(27(31)32)16-7-4-3-5-8-16/h3-14,24H,15H2,1-2H3,(H,28,29)(H,31,32)/t24-/m1/s1. The van der Waals surface area contributed by atoms with E-state index >= 15 is 0 Å². The molecule has 0 spiro atoms. The third kappa shape index (κ3) is 5.15. The van der Waals surface area contributed by atoms with E-state index in [2.05, 4.69) is 5.32 Å². The molecule has 0 saturated heterocycles. The van der Waals surface area contributed by atoms with Crippen LogP contribution in [0.25, 0.3) is 6.08 Å². The smallest absolute Gasteiger partial charge is 0.330 e. The molecule has 1 aliphatic heterocycles. The third-order valence-electron chi connectivity index (χ3n) is 5.42. The third-order valence-corrected chi connectivity index (χ3v) is 5.42. The van der Waals surface area contributed by atoms with Crippen molar-refractivity contribution in [3.63, 3.8) is 0 Å². The van der Waals surface area contributed by atoms with Crippen LogP contribution in [0.5, 0.6) is 23.0 Å². The first kappa shape index (κ1) is 24.3. The fourth-order valence-corrected chi connectivity index (χ4v) is 3.71. The van der Waals surface area contributed by atoms with E-state index in [4.69, 9.17) is 18.9 Å². The topological polar surface area (TPSA) is 120 Å². The lowest BCUT2D eigenvalue weighted by Gasteiger charge is -2.15. The van der Waals surface area contributed by atoms with Gasteiger partial charge in [-0.1, -0.05) is 42.5 Å². The molecule has 1 atom stereocenters. The quantitative estimate of drug-likeness (QED) is 0.437. The van der Waals surface area contributed by atoms with Crippen molar-refractivity contribution in [3.8, 4) is 23.0 Å². The number of aliphatic carboxylic acids is 1. The van der Waals surface area contributed by atoms with Gasteiger partial charge in [-0.15, -0.1) is 0 Å². The largest absolute Gasteiger partial charge is 0.493 e. The summed E-state index contributed by atoms with van der Waals surface area (Å²) in [7, 11) is 3.03. The molecule has 1 aliphatic rings. The Balaban J connectivity index is 1.44. The minimum Gasteiger partial charge on any atom is -0.493 e. The summed E-state index contributed by atoms with van der Waals surface area (Å²) in [6.07, 6.45) is 1.56. The number of hydrogen-bond acceptors (Lipinski definition) is 7. The molecule has 1 heterocycles. The number of benzene rings is 3. The normalized spacial score (nSPS) is 13.9. The highest BCUT2D eigenvalue weighted by atomic mass is 16.5.